The number of benzene rings is 2. The summed E-state index contributed by atoms with van der Waals surface area (Å²) in [4.78, 5) is 12.2. The third kappa shape index (κ3) is 4.87. The van der Waals surface area contributed by atoms with Gasteiger partial charge in [-0.05, 0) is 54.3 Å². The molecule has 126 valence electrons. The predicted molar refractivity (Wildman–Crippen MR) is 99.4 cm³/mol. The molecule has 0 fully saturated rings. The first-order valence-corrected chi connectivity index (χ1v) is 8.30. The maximum atomic E-state index is 12.2. The van der Waals surface area contributed by atoms with Crippen molar-refractivity contribution in [1.29, 1.82) is 0 Å². The summed E-state index contributed by atoms with van der Waals surface area (Å²) in [5.41, 5.74) is 3.06. The van der Waals surface area contributed by atoms with E-state index in [1.807, 2.05) is 38.1 Å². The number of aryl methyl sites for hydroxylation is 1. The van der Waals surface area contributed by atoms with E-state index in [4.69, 9.17) is 16.3 Å². The first kappa shape index (κ1) is 18.1. The van der Waals surface area contributed by atoms with E-state index < -0.39 is 0 Å². The molecule has 0 bridgehead atoms. The van der Waals surface area contributed by atoms with Gasteiger partial charge in [0.25, 0.3) is 0 Å². The summed E-state index contributed by atoms with van der Waals surface area (Å²) in [5.74, 6) is 0.729. The van der Waals surface area contributed by atoms with Gasteiger partial charge in [0.2, 0.25) is 5.91 Å². The quantitative estimate of drug-likeness (QED) is 0.754. The first-order chi connectivity index (χ1) is 11.5. The van der Waals surface area contributed by atoms with Crippen LogP contribution in [0.25, 0.3) is 6.08 Å². The van der Waals surface area contributed by atoms with Gasteiger partial charge >= 0.3 is 0 Å². The summed E-state index contributed by atoms with van der Waals surface area (Å²) in [5, 5.41) is 3.71. The SMILES string of the molecule is CC[C@@H](NC(=O)/C=C/c1ccc(Cl)cc1)c1ccc(OC)c(C)c1. The topological polar surface area (TPSA) is 38.3 Å². The predicted octanol–water partition coefficient (Wildman–Crippen LogP) is 4.94. The van der Waals surface area contributed by atoms with Gasteiger partial charge in [0, 0.05) is 11.1 Å². The fourth-order valence-electron chi connectivity index (χ4n) is 2.51. The average molecular weight is 344 g/mol. The van der Waals surface area contributed by atoms with Crippen LogP contribution >= 0.6 is 11.6 Å². The normalized spacial score (nSPS) is 12.2. The van der Waals surface area contributed by atoms with E-state index in [2.05, 4.69) is 11.4 Å². The van der Waals surface area contributed by atoms with Crippen molar-refractivity contribution in [3.8, 4) is 5.75 Å². The number of methoxy groups -OCH3 is 1. The van der Waals surface area contributed by atoms with Crippen molar-refractivity contribution in [1.82, 2.24) is 5.32 Å². The van der Waals surface area contributed by atoms with Crippen LogP contribution in [-0.4, -0.2) is 13.0 Å². The smallest absolute Gasteiger partial charge is 0.244 e. The number of rotatable bonds is 6. The zero-order valence-corrected chi connectivity index (χ0v) is 14.9. The van der Waals surface area contributed by atoms with Gasteiger partial charge in [0.05, 0.1) is 13.2 Å². The highest BCUT2D eigenvalue weighted by atomic mass is 35.5. The number of halogens is 1. The lowest BCUT2D eigenvalue weighted by Gasteiger charge is -2.18. The average Bonchev–Trinajstić information content (AvgIpc) is 2.59. The second kappa shape index (κ2) is 8.55. The molecule has 4 heteroatoms. The summed E-state index contributed by atoms with van der Waals surface area (Å²) in [7, 11) is 1.66. The number of carbonyl (C=O) groups is 1. The Morgan fingerprint density at radius 3 is 2.54 bits per heavy atom. The van der Waals surface area contributed by atoms with E-state index in [9.17, 15) is 4.79 Å². The van der Waals surface area contributed by atoms with Gasteiger partial charge < -0.3 is 10.1 Å². The molecule has 0 saturated heterocycles. The van der Waals surface area contributed by atoms with Crippen molar-refractivity contribution in [2.24, 2.45) is 0 Å². The molecule has 24 heavy (non-hydrogen) atoms. The standard InChI is InChI=1S/C20H22ClNO2/c1-4-18(16-8-11-19(24-3)14(2)13-16)22-20(23)12-7-15-5-9-17(21)10-6-15/h5-13,18H,4H2,1-3H3,(H,22,23)/b12-7+/t18-/m1/s1. The summed E-state index contributed by atoms with van der Waals surface area (Å²) in [6.45, 7) is 4.05. The zero-order valence-electron chi connectivity index (χ0n) is 14.2. The van der Waals surface area contributed by atoms with Crippen molar-refractivity contribution in [3.05, 3.63) is 70.3 Å². The second-order valence-corrected chi connectivity index (χ2v) is 6.02. The second-order valence-electron chi connectivity index (χ2n) is 5.58. The molecule has 1 amide bonds. The third-order valence-corrected chi connectivity index (χ3v) is 4.10. The lowest BCUT2D eigenvalue weighted by Crippen LogP contribution is -2.26. The Morgan fingerprint density at radius 2 is 1.96 bits per heavy atom. The van der Waals surface area contributed by atoms with E-state index in [1.165, 1.54) is 0 Å². The van der Waals surface area contributed by atoms with E-state index >= 15 is 0 Å². The molecular weight excluding hydrogens is 322 g/mol. The molecule has 0 aliphatic carbocycles. The largest absolute Gasteiger partial charge is 0.496 e. The van der Waals surface area contributed by atoms with Gasteiger partial charge in [-0.15, -0.1) is 0 Å². The molecule has 2 aromatic rings. The van der Waals surface area contributed by atoms with E-state index in [0.29, 0.717) is 5.02 Å². The maximum Gasteiger partial charge on any atom is 0.244 e. The Balaban J connectivity index is 2.05. The summed E-state index contributed by atoms with van der Waals surface area (Å²) < 4.78 is 5.28. The van der Waals surface area contributed by atoms with Gasteiger partial charge in [-0.2, -0.15) is 0 Å². The number of hydrogen-bond acceptors (Lipinski definition) is 2. The molecule has 1 N–H and O–H groups in total. The summed E-state index contributed by atoms with van der Waals surface area (Å²) in [6, 6.07) is 13.3. The lowest BCUT2D eigenvalue weighted by molar-refractivity contribution is -0.117. The highest BCUT2D eigenvalue weighted by molar-refractivity contribution is 6.30. The van der Waals surface area contributed by atoms with Gasteiger partial charge in [-0.3, -0.25) is 4.79 Å². The number of nitrogens with one attached hydrogen (secondary N) is 1. The number of carbonyl (C=O) groups excluding carboxylic acids is 1. The third-order valence-electron chi connectivity index (χ3n) is 3.84. The van der Waals surface area contributed by atoms with Crippen molar-refractivity contribution in [3.63, 3.8) is 0 Å². The van der Waals surface area contributed by atoms with E-state index in [-0.39, 0.29) is 11.9 Å². The number of ether oxygens (including phenoxy) is 1. The minimum Gasteiger partial charge on any atom is -0.496 e. The molecule has 0 aromatic heterocycles. The Morgan fingerprint density at radius 1 is 1.25 bits per heavy atom. The molecular formula is C20H22ClNO2. The monoisotopic (exact) mass is 343 g/mol. The van der Waals surface area contributed by atoms with E-state index in [0.717, 1.165) is 28.9 Å². The number of amides is 1. The van der Waals surface area contributed by atoms with Gasteiger partial charge in [0.1, 0.15) is 5.75 Å². The molecule has 0 aliphatic rings. The van der Waals surface area contributed by atoms with Crippen LogP contribution in [0.2, 0.25) is 5.02 Å². The molecule has 2 aromatic carbocycles. The molecule has 1 atom stereocenters. The maximum absolute atomic E-state index is 12.2. The summed E-state index contributed by atoms with van der Waals surface area (Å²) in [6.07, 6.45) is 4.13. The molecule has 2 rings (SSSR count). The summed E-state index contributed by atoms with van der Waals surface area (Å²) >= 11 is 5.85. The van der Waals surface area contributed by atoms with Gasteiger partial charge in [-0.25, -0.2) is 0 Å². The molecule has 0 radical (unpaired) electrons. The van der Waals surface area contributed by atoms with Crippen molar-refractivity contribution < 1.29 is 9.53 Å². The Hall–Kier alpha value is -2.26. The Labute approximate surface area is 148 Å². The molecule has 0 unspecified atom stereocenters. The molecule has 0 aliphatic heterocycles. The van der Waals surface area contributed by atoms with Gasteiger partial charge in [-0.1, -0.05) is 42.8 Å². The minimum atomic E-state index is -0.120. The van der Waals surface area contributed by atoms with Crippen LogP contribution in [0, 0.1) is 6.92 Å². The minimum absolute atomic E-state index is 0.0306. The zero-order chi connectivity index (χ0) is 17.5. The highest BCUT2D eigenvalue weighted by Gasteiger charge is 2.12. The van der Waals surface area contributed by atoms with Crippen LogP contribution in [0.1, 0.15) is 36.1 Å². The molecule has 0 spiro atoms. The van der Waals surface area contributed by atoms with Crippen LogP contribution in [0.5, 0.6) is 5.75 Å². The lowest BCUT2D eigenvalue weighted by atomic mass is 10.0. The van der Waals surface area contributed by atoms with Crippen LogP contribution in [0.3, 0.4) is 0 Å². The van der Waals surface area contributed by atoms with Crippen LogP contribution in [0.4, 0.5) is 0 Å². The fourth-order valence-corrected chi connectivity index (χ4v) is 2.63. The fraction of sp³-hybridized carbons (Fsp3) is 0.250. The Bertz CT molecular complexity index is 723. The van der Waals surface area contributed by atoms with Crippen LogP contribution in [0.15, 0.2) is 48.5 Å². The van der Waals surface area contributed by atoms with Crippen molar-refractivity contribution in [2.75, 3.05) is 7.11 Å². The Kier molecular flexibility index (Phi) is 6.44. The van der Waals surface area contributed by atoms with E-state index in [1.54, 1.807) is 31.4 Å². The first-order valence-electron chi connectivity index (χ1n) is 7.92. The van der Waals surface area contributed by atoms with Gasteiger partial charge in [0.15, 0.2) is 0 Å². The van der Waals surface area contributed by atoms with Crippen LogP contribution < -0.4 is 10.1 Å². The van der Waals surface area contributed by atoms with Crippen molar-refractivity contribution in [2.45, 2.75) is 26.3 Å². The van der Waals surface area contributed by atoms with Crippen molar-refractivity contribution >= 4 is 23.6 Å². The molecule has 0 saturated carbocycles. The molecule has 3 nitrogen and oxygen atoms in total. The highest BCUT2D eigenvalue weighted by Crippen LogP contribution is 2.24. The van der Waals surface area contributed by atoms with Crippen LogP contribution in [-0.2, 0) is 4.79 Å². The molecule has 0 heterocycles. The number of hydrogen-bond donors (Lipinski definition) is 1.